The molecule has 102 valence electrons. The molecule has 0 aliphatic rings. The number of nitrogens with zero attached hydrogens (tertiary/aromatic N) is 3. The maximum atomic E-state index is 12.2. The van der Waals surface area contributed by atoms with Crippen LogP contribution in [0.2, 0.25) is 0 Å². The number of hydrogen-bond donors (Lipinski definition) is 3. The van der Waals surface area contributed by atoms with E-state index < -0.39 is 0 Å². The number of para-hydroxylation sites is 1. The maximum absolute atomic E-state index is 12.2. The van der Waals surface area contributed by atoms with Gasteiger partial charge >= 0.3 is 0 Å². The second-order valence-corrected chi connectivity index (χ2v) is 4.66. The van der Waals surface area contributed by atoms with Crippen LogP contribution in [0, 0.1) is 0 Å². The summed E-state index contributed by atoms with van der Waals surface area (Å²) in [7, 11) is 0. The lowest BCUT2D eigenvalue weighted by molar-refractivity contribution is 1.03. The summed E-state index contributed by atoms with van der Waals surface area (Å²) in [5.74, 6) is 0. The van der Waals surface area contributed by atoms with Crippen molar-refractivity contribution >= 4 is 27.6 Å². The smallest absolute Gasteiger partial charge is 0.276 e. The first kappa shape index (κ1) is 11.6. The standard InChI is InChI=1S/C14H10N6O/c15-11-7-3-1-2-4-8(7)18-12(11)13-14(21)20-10-6-17-16-5-9(10)19-13/h1-6,18H,15H2,(H,20,21). The number of aromatic nitrogens is 5. The summed E-state index contributed by atoms with van der Waals surface area (Å²) in [6, 6.07) is 7.58. The number of benzene rings is 1. The van der Waals surface area contributed by atoms with Crippen LogP contribution in [0.25, 0.3) is 33.3 Å². The molecule has 4 rings (SSSR count). The van der Waals surface area contributed by atoms with Crippen molar-refractivity contribution in [3.8, 4) is 11.4 Å². The van der Waals surface area contributed by atoms with E-state index >= 15 is 0 Å². The monoisotopic (exact) mass is 278 g/mol. The summed E-state index contributed by atoms with van der Waals surface area (Å²) in [4.78, 5) is 22.4. The zero-order valence-electron chi connectivity index (χ0n) is 10.8. The molecule has 0 saturated heterocycles. The SMILES string of the molecule is Nc1c(-c2nc3cnncc3[nH]c2=O)[nH]c2ccccc12. The molecule has 0 saturated carbocycles. The number of aromatic amines is 2. The molecule has 0 unspecified atom stereocenters. The third-order valence-electron chi connectivity index (χ3n) is 3.39. The van der Waals surface area contributed by atoms with Gasteiger partial charge < -0.3 is 15.7 Å². The van der Waals surface area contributed by atoms with Crippen LogP contribution in [0.3, 0.4) is 0 Å². The van der Waals surface area contributed by atoms with Crippen LogP contribution in [0.5, 0.6) is 0 Å². The zero-order chi connectivity index (χ0) is 14.4. The van der Waals surface area contributed by atoms with Crippen LogP contribution >= 0.6 is 0 Å². The predicted molar refractivity (Wildman–Crippen MR) is 79.7 cm³/mol. The average molecular weight is 278 g/mol. The normalized spacial score (nSPS) is 11.2. The third-order valence-corrected chi connectivity index (χ3v) is 3.39. The summed E-state index contributed by atoms with van der Waals surface area (Å²) < 4.78 is 0. The van der Waals surface area contributed by atoms with E-state index in [1.54, 1.807) is 0 Å². The van der Waals surface area contributed by atoms with Gasteiger partial charge in [0.1, 0.15) is 5.52 Å². The van der Waals surface area contributed by atoms with Gasteiger partial charge in [0.15, 0.2) is 5.69 Å². The lowest BCUT2D eigenvalue weighted by Crippen LogP contribution is -2.12. The van der Waals surface area contributed by atoms with Crippen molar-refractivity contribution in [2.75, 3.05) is 5.73 Å². The van der Waals surface area contributed by atoms with Crippen molar-refractivity contribution in [1.29, 1.82) is 0 Å². The van der Waals surface area contributed by atoms with Gasteiger partial charge in [-0.3, -0.25) is 4.79 Å². The first-order valence-electron chi connectivity index (χ1n) is 6.31. The Bertz CT molecular complexity index is 1030. The van der Waals surface area contributed by atoms with E-state index in [1.807, 2.05) is 24.3 Å². The molecule has 0 fully saturated rings. The summed E-state index contributed by atoms with van der Waals surface area (Å²) in [6.45, 7) is 0. The number of fused-ring (bicyclic) bond motifs is 2. The molecule has 0 atom stereocenters. The first-order chi connectivity index (χ1) is 10.2. The Morgan fingerprint density at radius 1 is 1.00 bits per heavy atom. The van der Waals surface area contributed by atoms with E-state index in [-0.39, 0.29) is 11.3 Å². The first-order valence-corrected chi connectivity index (χ1v) is 6.31. The lowest BCUT2D eigenvalue weighted by atomic mass is 10.2. The minimum absolute atomic E-state index is 0.240. The average Bonchev–Trinajstić information content (AvgIpc) is 2.84. The minimum Gasteiger partial charge on any atom is -0.396 e. The Morgan fingerprint density at radius 2 is 1.81 bits per heavy atom. The molecule has 4 N–H and O–H groups in total. The summed E-state index contributed by atoms with van der Waals surface area (Å²) in [5.41, 5.74) is 9.01. The Kier molecular flexibility index (Phi) is 2.28. The highest BCUT2D eigenvalue weighted by Gasteiger charge is 2.15. The Hall–Kier alpha value is -3.22. The summed E-state index contributed by atoms with van der Waals surface area (Å²) in [6.07, 6.45) is 2.95. The van der Waals surface area contributed by atoms with Gasteiger partial charge in [0.25, 0.3) is 5.56 Å². The second kappa shape index (κ2) is 4.14. The molecule has 3 heterocycles. The van der Waals surface area contributed by atoms with Crippen molar-refractivity contribution in [2.24, 2.45) is 0 Å². The van der Waals surface area contributed by atoms with Gasteiger partial charge in [0.2, 0.25) is 0 Å². The van der Waals surface area contributed by atoms with Crippen molar-refractivity contribution in [3.63, 3.8) is 0 Å². The molecular weight excluding hydrogens is 268 g/mol. The molecule has 4 aromatic rings. The predicted octanol–water partition coefficient (Wildman–Crippen LogP) is 1.44. The van der Waals surface area contributed by atoms with Crippen molar-refractivity contribution < 1.29 is 0 Å². The molecule has 21 heavy (non-hydrogen) atoms. The highest BCUT2D eigenvalue weighted by Crippen LogP contribution is 2.30. The number of nitrogens with two attached hydrogens (primary N) is 1. The van der Waals surface area contributed by atoms with Gasteiger partial charge in [0.05, 0.1) is 29.3 Å². The number of anilines is 1. The molecule has 7 heteroatoms. The number of nitrogens with one attached hydrogen (secondary N) is 2. The molecule has 0 radical (unpaired) electrons. The van der Waals surface area contributed by atoms with E-state index in [0.717, 1.165) is 10.9 Å². The summed E-state index contributed by atoms with van der Waals surface area (Å²) >= 11 is 0. The van der Waals surface area contributed by atoms with Crippen LogP contribution in [0.4, 0.5) is 5.69 Å². The van der Waals surface area contributed by atoms with E-state index in [0.29, 0.717) is 22.4 Å². The van der Waals surface area contributed by atoms with Crippen LogP contribution in [-0.4, -0.2) is 25.1 Å². The van der Waals surface area contributed by atoms with Gasteiger partial charge in [-0.1, -0.05) is 18.2 Å². The van der Waals surface area contributed by atoms with Crippen LogP contribution < -0.4 is 11.3 Å². The molecule has 0 aliphatic heterocycles. The maximum Gasteiger partial charge on any atom is 0.276 e. The Balaban J connectivity index is 2.06. The number of rotatable bonds is 1. The summed E-state index contributed by atoms with van der Waals surface area (Å²) in [5, 5.41) is 8.35. The number of nitrogen functional groups attached to an aromatic ring is 1. The van der Waals surface area contributed by atoms with Gasteiger partial charge in [0, 0.05) is 10.9 Å². The van der Waals surface area contributed by atoms with Crippen LogP contribution in [0.15, 0.2) is 41.5 Å². The highest BCUT2D eigenvalue weighted by atomic mass is 16.1. The Morgan fingerprint density at radius 3 is 2.67 bits per heavy atom. The molecule has 1 aromatic carbocycles. The molecule has 3 aromatic heterocycles. The van der Waals surface area contributed by atoms with Crippen LogP contribution in [-0.2, 0) is 0 Å². The van der Waals surface area contributed by atoms with E-state index in [2.05, 4.69) is 25.1 Å². The molecule has 0 bridgehead atoms. The van der Waals surface area contributed by atoms with E-state index in [1.165, 1.54) is 12.4 Å². The van der Waals surface area contributed by atoms with Crippen molar-refractivity contribution in [2.45, 2.75) is 0 Å². The molecule has 7 nitrogen and oxygen atoms in total. The topological polar surface area (TPSA) is 113 Å². The Labute approximate surface area is 117 Å². The quantitative estimate of drug-likeness (QED) is 0.487. The van der Waals surface area contributed by atoms with Crippen molar-refractivity contribution in [3.05, 3.63) is 47.0 Å². The fourth-order valence-corrected chi connectivity index (χ4v) is 2.37. The minimum atomic E-state index is -0.325. The van der Waals surface area contributed by atoms with Gasteiger partial charge in [-0.2, -0.15) is 10.2 Å². The largest absolute Gasteiger partial charge is 0.396 e. The fourth-order valence-electron chi connectivity index (χ4n) is 2.37. The molecule has 0 spiro atoms. The van der Waals surface area contributed by atoms with Gasteiger partial charge in [-0.25, -0.2) is 4.98 Å². The number of hydrogen-bond acceptors (Lipinski definition) is 5. The lowest BCUT2D eigenvalue weighted by Gasteiger charge is -2.01. The van der Waals surface area contributed by atoms with E-state index in [4.69, 9.17) is 5.73 Å². The fraction of sp³-hybridized carbons (Fsp3) is 0. The van der Waals surface area contributed by atoms with Gasteiger partial charge in [-0.05, 0) is 6.07 Å². The molecule has 0 aliphatic carbocycles. The second-order valence-electron chi connectivity index (χ2n) is 4.66. The third kappa shape index (κ3) is 1.68. The molecule has 0 amide bonds. The van der Waals surface area contributed by atoms with E-state index in [9.17, 15) is 4.79 Å². The zero-order valence-corrected chi connectivity index (χ0v) is 10.8. The number of H-pyrrole nitrogens is 2. The highest BCUT2D eigenvalue weighted by molar-refractivity contribution is 5.99. The van der Waals surface area contributed by atoms with Crippen LogP contribution in [0.1, 0.15) is 0 Å². The van der Waals surface area contributed by atoms with Gasteiger partial charge in [-0.15, -0.1) is 0 Å². The van der Waals surface area contributed by atoms with Crippen molar-refractivity contribution in [1.82, 2.24) is 25.1 Å². The molecular formula is C14H10N6O.